The van der Waals surface area contributed by atoms with E-state index in [1.165, 1.54) is 30.4 Å². The van der Waals surface area contributed by atoms with Crippen molar-refractivity contribution in [3.05, 3.63) is 18.0 Å². The Bertz CT molecular complexity index is 334. The Morgan fingerprint density at radius 2 is 2.00 bits per heavy atom. The molecule has 0 aliphatic carbocycles. The highest BCUT2D eigenvalue weighted by Gasteiger charge is 2.10. The van der Waals surface area contributed by atoms with Gasteiger partial charge >= 0.3 is 5.97 Å². The molecule has 0 spiro atoms. The standard InChI is InChI=1S/C13H22N2O2/c1-3-4-5-6-7-8-11-17-13(16)12-9-10-14-15(12)2/h9-10H,3-8,11H2,1-2H3. The lowest BCUT2D eigenvalue weighted by molar-refractivity contribution is 0.0485. The lowest BCUT2D eigenvalue weighted by Crippen LogP contribution is -2.11. The van der Waals surface area contributed by atoms with Gasteiger partial charge in [0.1, 0.15) is 5.69 Å². The van der Waals surface area contributed by atoms with Gasteiger partial charge in [-0.15, -0.1) is 0 Å². The van der Waals surface area contributed by atoms with Crippen LogP contribution in [0.5, 0.6) is 0 Å². The van der Waals surface area contributed by atoms with Crippen LogP contribution in [-0.2, 0) is 11.8 Å². The van der Waals surface area contributed by atoms with Crippen LogP contribution in [0.2, 0.25) is 0 Å². The zero-order valence-corrected chi connectivity index (χ0v) is 10.8. The highest BCUT2D eigenvalue weighted by Crippen LogP contribution is 2.06. The van der Waals surface area contributed by atoms with Crippen LogP contribution < -0.4 is 0 Å². The molecule has 0 unspecified atom stereocenters. The van der Waals surface area contributed by atoms with E-state index in [9.17, 15) is 4.79 Å². The zero-order valence-electron chi connectivity index (χ0n) is 10.8. The summed E-state index contributed by atoms with van der Waals surface area (Å²) in [5.74, 6) is -0.279. The van der Waals surface area contributed by atoms with Gasteiger partial charge in [-0.25, -0.2) is 4.79 Å². The first-order valence-electron chi connectivity index (χ1n) is 6.41. The second-order valence-corrected chi connectivity index (χ2v) is 4.24. The topological polar surface area (TPSA) is 44.1 Å². The number of unbranched alkanes of at least 4 members (excludes halogenated alkanes) is 5. The fourth-order valence-electron chi connectivity index (χ4n) is 1.70. The van der Waals surface area contributed by atoms with Crippen molar-refractivity contribution in [2.75, 3.05) is 6.61 Å². The van der Waals surface area contributed by atoms with Gasteiger partial charge in [-0.05, 0) is 12.5 Å². The number of hydrogen-bond acceptors (Lipinski definition) is 3. The molecule has 0 radical (unpaired) electrons. The third-order valence-corrected chi connectivity index (χ3v) is 2.76. The first-order chi connectivity index (χ1) is 8.25. The summed E-state index contributed by atoms with van der Waals surface area (Å²) in [7, 11) is 1.74. The van der Waals surface area contributed by atoms with Crippen molar-refractivity contribution in [1.82, 2.24) is 9.78 Å². The van der Waals surface area contributed by atoms with Crippen molar-refractivity contribution < 1.29 is 9.53 Å². The molecule has 0 aliphatic rings. The maximum Gasteiger partial charge on any atom is 0.356 e. The fraction of sp³-hybridized carbons (Fsp3) is 0.692. The second-order valence-electron chi connectivity index (χ2n) is 4.24. The van der Waals surface area contributed by atoms with Crippen LogP contribution in [0.3, 0.4) is 0 Å². The Kier molecular flexibility index (Phi) is 6.37. The molecule has 17 heavy (non-hydrogen) atoms. The van der Waals surface area contributed by atoms with Crippen LogP contribution in [0.4, 0.5) is 0 Å². The minimum absolute atomic E-state index is 0.279. The number of carbonyl (C=O) groups excluding carboxylic acids is 1. The number of esters is 1. The summed E-state index contributed by atoms with van der Waals surface area (Å²) in [6.45, 7) is 2.71. The van der Waals surface area contributed by atoms with Gasteiger partial charge < -0.3 is 4.74 Å². The Labute approximate surface area is 103 Å². The monoisotopic (exact) mass is 238 g/mol. The predicted octanol–water partition coefficient (Wildman–Crippen LogP) is 2.94. The molecule has 0 saturated heterocycles. The number of aromatic nitrogens is 2. The van der Waals surface area contributed by atoms with Crippen molar-refractivity contribution >= 4 is 5.97 Å². The van der Waals surface area contributed by atoms with Gasteiger partial charge in [-0.2, -0.15) is 5.10 Å². The van der Waals surface area contributed by atoms with E-state index in [-0.39, 0.29) is 5.97 Å². The Hall–Kier alpha value is -1.32. The molecule has 96 valence electrons. The molecule has 1 aromatic rings. The summed E-state index contributed by atoms with van der Waals surface area (Å²) >= 11 is 0. The number of ether oxygens (including phenoxy) is 1. The highest BCUT2D eigenvalue weighted by atomic mass is 16.5. The molecule has 4 nitrogen and oxygen atoms in total. The third-order valence-electron chi connectivity index (χ3n) is 2.76. The predicted molar refractivity (Wildman–Crippen MR) is 66.9 cm³/mol. The van der Waals surface area contributed by atoms with Gasteiger partial charge in [-0.1, -0.05) is 39.0 Å². The molecule has 0 bridgehead atoms. The molecule has 0 saturated carbocycles. The molecule has 0 N–H and O–H groups in total. The highest BCUT2D eigenvalue weighted by molar-refractivity contribution is 5.87. The maximum absolute atomic E-state index is 11.6. The minimum Gasteiger partial charge on any atom is -0.461 e. The Morgan fingerprint density at radius 1 is 1.29 bits per heavy atom. The molecule has 0 aliphatic heterocycles. The number of nitrogens with zero attached hydrogens (tertiary/aromatic N) is 2. The van der Waals surface area contributed by atoms with E-state index in [2.05, 4.69) is 12.0 Å². The van der Waals surface area contributed by atoms with Crippen LogP contribution in [0.15, 0.2) is 12.3 Å². The van der Waals surface area contributed by atoms with Gasteiger partial charge in [0, 0.05) is 13.2 Å². The van der Waals surface area contributed by atoms with Crippen molar-refractivity contribution in [3.8, 4) is 0 Å². The maximum atomic E-state index is 11.6. The van der Waals surface area contributed by atoms with E-state index in [1.54, 1.807) is 19.3 Å². The minimum atomic E-state index is -0.279. The van der Waals surface area contributed by atoms with Crippen LogP contribution in [0, 0.1) is 0 Å². The lowest BCUT2D eigenvalue weighted by atomic mass is 10.1. The van der Waals surface area contributed by atoms with Crippen LogP contribution in [0.1, 0.15) is 55.9 Å². The fourth-order valence-corrected chi connectivity index (χ4v) is 1.70. The first-order valence-corrected chi connectivity index (χ1v) is 6.41. The molecular weight excluding hydrogens is 216 g/mol. The third kappa shape index (κ3) is 5.02. The van der Waals surface area contributed by atoms with Crippen LogP contribution in [0.25, 0.3) is 0 Å². The molecule has 1 aromatic heterocycles. The molecule has 0 fully saturated rings. The van der Waals surface area contributed by atoms with Gasteiger partial charge in [0.15, 0.2) is 0 Å². The summed E-state index contributed by atoms with van der Waals surface area (Å²) in [4.78, 5) is 11.6. The summed E-state index contributed by atoms with van der Waals surface area (Å²) < 4.78 is 6.71. The van der Waals surface area contributed by atoms with Crippen molar-refractivity contribution in [3.63, 3.8) is 0 Å². The van der Waals surface area contributed by atoms with E-state index in [0.717, 1.165) is 12.8 Å². The molecule has 1 rings (SSSR count). The average Bonchev–Trinajstić information content (AvgIpc) is 2.74. The SMILES string of the molecule is CCCCCCCCOC(=O)c1ccnn1C. The molecule has 4 heteroatoms. The Balaban J connectivity index is 2.07. The molecule has 0 amide bonds. The molecule has 0 atom stereocenters. The van der Waals surface area contributed by atoms with Crippen LogP contribution >= 0.6 is 0 Å². The van der Waals surface area contributed by atoms with Crippen molar-refractivity contribution in [2.24, 2.45) is 7.05 Å². The van der Waals surface area contributed by atoms with Gasteiger partial charge in [-0.3, -0.25) is 4.68 Å². The quantitative estimate of drug-likeness (QED) is 0.516. The average molecular weight is 238 g/mol. The van der Waals surface area contributed by atoms with Gasteiger partial charge in [0.2, 0.25) is 0 Å². The molecule has 0 aromatic carbocycles. The first kappa shape index (κ1) is 13.7. The molecular formula is C13H22N2O2. The normalized spacial score (nSPS) is 10.5. The summed E-state index contributed by atoms with van der Waals surface area (Å²) in [5, 5.41) is 3.93. The largest absolute Gasteiger partial charge is 0.461 e. The van der Waals surface area contributed by atoms with E-state index < -0.39 is 0 Å². The number of carbonyl (C=O) groups is 1. The smallest absolute Gasteiger partial charge is 0.356 e. The second kappa shape index (κ2) is 7.87. The van der Waals surface area contributed by atoms with Crippen molar-refractivity contribution in [1.29, 1.82) is 0 Å². The molecule has 1 heterocycles. The number of hydrogen-bond donors (Lipinski definition) is 0. The van der Waals surface area contributed by atoms with Crippen molar-refractivity contribution in [2.45, 2.75) is 45.4 Å². The van der Waals surface area contributed by atoms with Gasteiger partial charge in [0.25, 0.3) is 0 Å². The van der Waals surface area contributed by atoms with E-state index in [0.29, 0.717) is 12.3 Å². The van der Waals surface area contributed by atoms with E-state index >= 15 is 0 Å². The van der Waals surface area contributed by atoms with E-state index in [1.807, 2.05) is 0 Å². The lowest BCUT2D eigenvalue weighted by Gasteiger charge is -2.04. The number of rotatable bonds is 8. The summed E-state index contributed by atoms with van der Waals surface area (Å²) in [5.41, 5.74) is 0.510. The zero-order chi connectivity index (χ0) is 12.5. The summed E-state index contributed by atoms with van der Waals surface area (Å²) in [6, 6.07) is 1.67. The van der Waals surface area contributed by atoms with Crippen LogP contribution in [-0.4, -0.2) is 22.4 Å². The Morgan fingerprint density at radius 3 is 2.65 bits per heavy atom. The summed E-state index contributed by atoms with van der Waals surface area (Å²) in [6.07, 6.45) is 8.76. The number of aryl methyl sites for hydroxylation is 1. The van der Waals surface area contributed by atoms with E-state index in [4.69, 9.17) is 4.74 Å². The van der Waals surface area contributed by atoms with Gasteiger partial charge in [0.05, 0.1) is 6.61 Å².